The number of nitrogens with zero attached hydrogens (tertiary/aromatic N) is 1. The van der Waals surface area contributed by atoms with Crippen LogP contribution >= 0.6 is 0 Å². The van der Waals surface area contributed by atoms with Gasteiger partial charge in [0.1, 0.15) is 23.7 Å². The molecule has 0 unspecified atom stereocenters. The minimum Gasteiger partial charge on any atom is -0.507 e. The van der Waals surface area contributed by atoms with Crippen molar-refractivity contribution in [2.75, 3.05) is 12.4 Å². The fourth-order valence-corrected chi connectivity index (χ4v) is 3.39. The quantitative estimate of drug-likeness (QED) is 0.486. The number of hydrogen-bond acceptors (Lipinski definition) is 6. The Morgan fingerprint density at radius 3 is 2.83 bits per heavy atom. The van der Waals surface area contributed by atoms with Gasteiger partial charge in [-0.25, -0.2) is 9.78 Å². The van der Waals surface area contributed by atoms with E-state index in [9.17, 15) is 14.7 Å². The van der Waals surface area contributed by atoms with Gasteiger partial charge in [0.05, 0.1) is 7.11 Å². The second-order valence-corrected chi connectivity index (χ2v) is 7.13. The third-order valence-electron chi connectivity index (χ3n) is 5.01. The molecule has 1 aromatic carbocycles. The molecule has 0 saturated heterocycles. The number of phenolic OH excluding ortho intramolecular Hbond substituents is 1. The number of aromatic amines is 1. The van der Waals surface area contributed by atoms with Crippen LogP contribution in [0.25, 0.3) is 0 Å². The highest BCUT2D eigenvalue weighted by molar-refractivity contribution is 5.98. The molecule has 154 valence electrons. The maximum atomic E-state index is 12.1. The van der Waals surface area contributed by atoms with Gasteiger partial charge >= 0.3 is 5.97 Å². The lowest BCUT2D eigenvalue weighted by Gasteiger charge is -2.15. The molecule has 1 amide bonds. The summed E-state index contributed by atoms with van der Waals surface area (Å²) in [5, 5.41) is 13.3. The standard InChI is InChI=1S/C21H25N3O5/c1-11(6-8-16(25)24-21-22-9-12(2)23-21)5-7-14-18(26)17-15(10-29-20(17)27)13(3)19(14)28-4/h5,9,26H,6-8,10H2,1-4H3,(H2,22,23,24,25). The molecule has 2 aromatic rings. The van der Waals surface area contributed by atoms with Crippen molar-refractivity contribution in [2.45, 2.75) is 46.6 Å². The van der Waals surface area contributed by atoms with Crippen molar-refractivity contribution < 1.29 is 24.2 Å². The molecule has 3 rings (SSSR count). The van der Waals surface area contributed by atoms with Crippen molar-refractivity contribution in [2.24, 2.45) is 0 Å². The number of nitrogens with one attached hydrogen (secondary N) is 2. The molecule has 1 aliphatic heterocycles. The molecule has 0 saturated carbocycles. The van der Waals surface area contributed by atoms with E-state index in [4.69, 9.17) is 9.47 Å². The Balaban J connectivity index is 1.69. The SMILES string of the molecule is COc1c(C)c2c(c(O)c1CC=C(C)CCC(=O)Nc1ncc(C)[nH]1)C(=O)OC2. The van der Waals surface area contributed by atoms with E-state index in [1.807, 2.05) is 26.8 Å². The summed E-state index contributed by atoms with van der Waals surface area (Å²) >= 11 is 0. The lowest BCUT2D eigenvalue weighted by Crippen LogP contribution is -2.12. The van der Waals surface area contributed by atoms with E-state index in [1.54, 1.807) is 6.20 Å². The van der Waals surface area contributed by atoms with Gasteiger partial charge in [-0.1, -0.05) is 11.6 Å². The smallest absolute Gasteiger partial charge is 0.342 e. The number of methoxy groups -OCH3 is 1. The highest BCUT2D eigenvalue weighted by Crippen LogP contribution is 2.42. The molecule has 0 spiro atoms. The van der Waals surface area contributed by atoms with Crippen LogP contribution in [0.2, 0.25) is 0 Å². The topological polar surface area (TPSA) is 114 Å². The van der Waals surface area contributed by atoms with E-state index in [0.717, 1.165) is 16.8 Å². The van der Waals surface area contributed by atoms with Crippen molar-refractivity contribution >= 4 is 17.8 Å². The van der Waals surface area contributed by atoms with E-state index in [1.165, 1.54) is 7.11 Å². The van der Waals surface area contributed by atoms with Crippen LogP contribution in [0.4, 0.5) is 5.95 Å². The van der Waals surface area contributed by atoms with E-state index < -0.39 is 5.97 Å². The first-order chi connectivity index (χ1) is 13.8. The first-order valence-corrected chi connectivity index (χ1v) is 9.37. The van der Waals surface area contributed by atoms with Gasteiger partial charge in [-0.15, -0.1) is 0 Å². The van der Waals surface area contributed by atoms with Gasteiger partial charge in [0.2, 0.25) is 11.9 Å². The number of amides is 1. The molecule has 1 aliphatic rings. The summed E-state index contributed by atoms with van der Waals surface area (Å²) in [4.78, 5) is 31.0. The molecule has 0 atom stereocenters. The largest absolute Gasteiger partial charge is 0.507 e. The molecule has 3 N–H and O–H groups in total. The summed E-state index contributed by atoms with van der Waals surface area (Å²) in [5.41, 5.74) is 4.07. The number of hydrogen-bond donors (Lipinski definition) is 3. The van der Waals surface area contributed by atoms with Crippen molar-refractivity contribution in [1.82, 2.24) is 9.97 Å². The van der Waals surface area contributed by atoms with E-state index in [0.29, 0.717) is 42.1 Å². The van der Waals surface area contributed by atoms with Gasteiger partial charge in [-0.05, 0) is 39.2 Å². The van der Waals surface area contributed by atoms with E-state index >= 15 is 0 Å². The Bertz CT molecular complexity index is 991. The highest BCUT2D eigenvalue weighted by atomic mass is 16.5. The zero-order valence-corrected chi connectivity index (χ0v) is 17.0. The number of allylic oxidation sites excluding steroid dienone is 2. The fraction of sp³-hybridized carbons (Fsp3) is 0.381. The number of fused-ring (bicyclic) bond motifs is 1. The van der Waals surface area contributed by atoms with Crippen LogP contribution in [0.15, 0.2) is 17.8 Å². The number of carbonyl (C=O) groups is 2. The van der Waals surface area contributed by atoms with Crippen LogP contribution in [-0.2, 0) is 22.6 Å². The Hall–Kier alpha value is -3.29. The number of anilines is 1. The number of esters is 1. The zero-order valence-electron chi connectivity index (χ0n) is 17.0. The van der Waals surface area contributed by atoms with Crippen LogP contribution in [0.1, 0.15) is 52.5 Å². The number of ether oxygens (including phenoxy) is 2. The van der Waals surface area contributed by atoms with Crippen molar-refractivity contribution in [3.63, 3.8) is 0 Å². The van der Waals surface area contributed by atoms with Crippen LogP contribution in [0, 0.1) is 13.8 Å². The van der Waals surface area contributed by atoms with Crippen LogP contribution in [0.3, 0.4) is 0 Å². The maximum absolute atomic E-state index is 12.1. The van der Waals surface area contributed by atoms with Gasteiger partial charge in [0, 0.05) is 29.4 Å². The number of carbonyl (C=O) groups excluding carboxylic acids is 2. The molecular formula is C21H25N3O5. The normalized spacial score (nSPS) is 13.2. The van der Waals surface area contributed by atoms with Gasteiger partial charge in [-0.3, -0.25) is 10.1 Å². The second-order valence-electron chi connectivity index (χ2n) is 7.13. The van der Waals surface area contributed by atoms with Gasteiger partial charge in [-0.2, -0.15) is 0 Å². The summed E-state index contributed by atoms with van der Waals surface area (Å²) in [6.45, 7) is 5.77. The number of aromatic hydroxyl groups is 1. The van der Waals surface area contributed by atoms with E-state index in [2.05, 4.69) is 15.3 Å². The average molecular weight is 399 g/mol. The van der Waals surface area contributed by atoms with Crippen LogP contribution in [0.5, 0.6) is 11.5 Å². The van der Waals surface area contributed by atoms with Crippen LogP contribution in [-0.4, -0.2) is 34.1 Å². The monoisotopic (exact) mass is 399 g/mol. The number of benzene rings is 1. The average Bonchev–Trinajstić information content (AvgIpc) is 3.27. The third kappa shape index (κ3) is 4.26. The van der Waals surface area contributed by atoms with Crippen molar-refractivity contribution in [3.05, 3.63) is 45.8 Å². The second kappa shape index (κ2) is 8.38. The molecule has 8 heteroatoms. The summed E-state index contributed by atoms with van der Waals surface area (Å²) in [7, 11) is 1.53. The highest BCUT2D eigenvalue weighted by Gasteiger charge is 2.31. The predicted octanol–water partition coefficient (Wildman–Crippen LogP) is 3.32. The Morgan fingerprint density at radius 1 is 1.41 bits per heavy atom. The first-order valence-electron chi connectivity index (χ1n) is 9.37. The first kappa shape index (κ1) is 20.4. The number of H-pyrrole nitrogens is 1. The minimum atomic E-state index is -0.518. The molecule has 0 bridgehead atoms. The molecule has 2 heterocycles. The van der Waals surface area contributed by atoms with Crippen LogP contribution < -0.4 is 10.1 Å². The lowest BCUT2D eigenvalue weighted by atomic mass is 9.94. The number of cyclic esters (lactones) is 1. The Kier molecular flexibility index (Phi) is 5.91. The Labute approximate surface area is 168 Å². The van der Waals surface area contributed by atoms with Crippen molar-refractivity contribution in [3.8, 4) is 11.5 Å². The maximum Gasteiger partial charge on any atom is 0.342 e. The number of aryl methyl sites for hydroxylation is 1. The van der Waals surface area contributed by atoms with Crippen molar-refractivity contribution in [1.29, 1.82) is 0 Å². The predicted molar refractivity (Wildman–Crippen MR) is 107 cm³/mol. The third-order valence-corrected chi connectivity index (χ3v) is 5.01. The number of aromatic nitrogens is 2. The van der Waals surface area contributed by atoms with Gasteiger partial charge in [0.15, 0.2) is 0 Å². The summed E-state index contributed by atoms with van der Waals surface area (Å²) < 4.78 is 10.5. The molecule has 8 nitrogen and oxygen atoms in total. The minimum absolute atomic E-state index is 0.0973. The summed E-state index contributed by atoms with van der Waals surface area (Å²) in [6, 6.07) is 0. The summed E-state index contributed by atoms with van der Waals surface area (Å²) in [5.74, 6) is 0.234. The zero-order chi connectivity index (χ0) is 21.1. The number of rotatable bonds is 7. The summed E-state index contributed by atoms with van der Waals surface area (Å²) in [6.07, 6.45) is 4.81. The molecule has 29 heavy (non-hydrogen) atoms. The van der Waals surface area contributed by atoms with E-state index in [-0.39, 0.29) is 23.8 Å². The molecule has 0 aliphatic carbocycles. The molecule has 0 fully saturated rings. The lowest BCUT2D eigenvalue weighted by molar-refractivity contribution is -0.116. The molecule has 0 radical (unpaired) electrons. The number of imidazole rings is 1. The molecule has 1 aromatic heterocycles. The Morgan fingerprint density at radius 2 is 2.17 bits per heavy atom. The fourth-order valence-electron chi connectivity index (χ4n) is 3.39. The molecular weight excluding hydrogens is 374 g/mol. The van der Waals surface area contributed by atoms with Gasteiger partial charge in [0.25, 0.3) is 0 Å². The van der Waals surface area contributed by atoms with Gasteiger partial charge < -0.3 is 19.6 Å². The number of phenols is 1.